The van der Waals surface area contributed by atoms with Crippen molar-refractivity contribution < 1.29 is 0 Å². The predicted octanol–water partition coefficient (Wildman–Crippen LogP) is 3.06. The predicted molar refractivity (Wildman–Crippen MR) is 71.2 cm³/mol. The molecule has 2 unspecified atom stereocenters. The fourth-order valence-corrected chi connectivity index (χ4v) is 2.93. The monoisotopic (exact) mass is 235 g/mol. The molecule has 0 spiro atoms. The van der Waals surface area contributed by atoms with Gasteiger partial charge in [-0.05, 0) is 32.7 Å². The van der Waals surface area contributed by atoms with Gasteiger partial charge in [-0.25, -0.2) is 4.98 Å². The number of rotatable bonds is 4. The van der Waals surface area contributed by atoms with E-state index < -0.39 is 0 Å². The van der Waals surface area contributed by atoms with Gasteiger partial charge in [0.15, 0.2) is 0 Å². The number of hydrogen-bond donors (Lipinski definition) is 1. The van der Waals surface area contributed by atoms with Gasteiger partial charge in [-0.2, -0.15) is 0 Å². The Morgan fingerprint density at radius 2 is 2.18 bits per heavy atom. The van der Waals surface area contributed by atoms with Crippen molar-refractivity contribution in [2.45, 2.75) is 64.5 Å². The minimum Gasteiger partial charge on any atom is -0.331 e. The van der Waals surface area contributed by atoms with Crippen LogP contribution in [0.3, 0.4) is 0 Å². The van der Waals surface area contributed by atoms with Crippen LogP contribution in [0.5, 0.6) is 0 Å². The number of nitrogens with zero attached hydrogens (tertiary/aromatic N) is 2. The molecule has 1 aromatic rings. The average molecular weight is 235 g/mol. The fraction of sp³-hybridized carbons (Fsp3) is 0.786. The second-order valence-electron chi connectivity index (χ2n) is 5.15. The molecular weight excluding hydrogens is 210 g/mol. The molecule has 0 aromatic carbocycles. The summed E-state index contributed by atoms with van der Waals surface area (Å²) in [7, 11) is 0. The van der Waals surface area contributed by atoms with Crippen molar-refractivity contribution in [3.05, 3.63) is 18.2 Å². The summed E-state index contributed by atoms with van der Waals surface area (Å²) in [5, 5.41) is 3.73. The highest BCUT2D eigenvalue weighted by Crippen LogP contribution is 2.28. The molecule has 0 aliphatic heterocycles. The topological polar surface area (TPSA) is 29.9 Å². The average Bonchev–Trinajstić information content (AvgIpc) is 2.63. The van der Waals surface area contributed by atoms with E-state index in [9.17, 15) is 0 Å². The summed E-state index contributed by atoms with van der Waals surface area (Å²) in [6.07, 6.45) is 12.0. The van der Waals surface area contributed by atoms with Crippen molar-refractivity contribution in [2.24, 2.45) is 0 Å². The first kappa shape index (κ1) is 12.6. The lowest BCUT2D eigenvalue weighted by Gasteiger charge is -2.28. The molecule has 96 valence electrons. The molecule has 17 heavy (non-hydrogen) atoms. The van der Waals surface area contributed by atoms with Gasteiger partial charge in [0.25, 0.3) is 0 Å². The molecule has 2 atom stereocenters. The minimum absolute atomic E-state index is 0.603. The van der Waals surface area contributed by atoms with Crippen LogP contribution in [0.25, 0.3) is 0 Å². The van der Waals surface area contributed by atoms with Crippen LogP contribution in [-0.2, 0) is 0 Å². The van der Waals surface area contributed by atoms with E-state index in [0.29, 0.717) is 12.1 Å². The number of hydrogen-bond acceptors (Lipinski definition) is 2. The third-order valence-electron chi connectivity index (χ3n) is 3.86. The molecular formula is C14H25N3. The summed E-state index contributed by atoms with van der Waals surface area (Å²) in [6.45, 7) is 5.48. The zero-order valence-electron chi connectivity index (χ0n) is 11.2. The molecule has 0 bridgehead atoms. The number of nitrogens with one attached hydrogen (secondary N) is 1. The van der Waals surface area contributed by atoms with Crippen LogP contribution >= 0.6 is 0 Å². The number of aryl methyl sites for hydroxylation is 1. The highest BCUT2D eigenvalue weighted by Gasteiger charge is 2.25. The molecule has 1 aliphatic rings. The lowest BCUT2D eigenvalue weighted by Crippen LogP contribution is -2.37. The summed E-state index contributed by atoms with van der Waals surface area (Å²) < 4.78 is 2.37. The molecule has 1 aliphatic carbocycles. The zero-order chi connectivity index (χ0) is 12.1. The third kappa shape index (κ3) is 3.09. The molecule has 1 N–H and O–H groups in total. The Bertz CT molecular complexity index is 332. The maximum atomic E-state index is 4.37. The van der Waals surface area contributed by atoms with Crippen molar-refractivity contribution in [1.82, 2.24) is 14.9 Å². The Morgan fingerprint density at radius 1 is 1.35 bits per heavy atom. The Kier molecular flexibility index (Phi) is 4.60. The van der Waals surface area contributed by atoms with E-state index in [4.69, 9.17) is 0 Å². The summed E-state index contributed by atoms with van der Waals surface area (Å²) in [4.78, 5) is 4.37. The third-order valence-corrected chi connectivity index (χ3v) is 3.86. The van der Waals surface area contributed by atoms with Crippen molar-refractivity contribution in [3.63, 3.8) is 0 Å². The van der Waals surface area contributed by atoms with Crippen LogP contribution < -0.4 is 5.32 Å². The molecule has 0 amide bonds. The van der Waals surface area contributed by atoms with Crippen LogP contribution in [0.15, 0.2) is 12.4 Å². The normalized spacial score (nSPS) is 25.8. The van der Waals surface area contributed by atoms with E-state index >= 15 is 0 Å². The summed E-state index contributed by atoms with van der Waals surface area (Å²) in [5.41, 5.74) is 0. The van der Waals surface area contributed by atoms with E-state index in [1.807, 2.05) is 6.20 Å². The number of imidazole rings is 1. The van der Waals surface area contributed by atoms with Crippen molar-refractivity contribution in [3.8, 4) is 0 Å². The Morgan fingerprint density at radius 3 is 2.88 bits per heavy atom. The van der Waals surface area contributed by atoms with Gasteiger partial charge in [-0.3, -0.25) is 0 Å². The molecule has 3 heteroatoms. The van der Waals surface area contributed by atoms with E-state index in [2.05, 4.69) is 34.9 Å². The number of aromatic nitrogens is 2. The fourth-order valence-electron chi connectivity index (χ4n) is 2.93. The largest absolute Gasteiger partial charge is 0.331 e. The van der Waals surface area contributed by atoms with Gasteiger partial charge in [-0.1, -0.05) is 26.2 Å². The smallest absolute Gasteiger partial charge is 0.105 e. The highest BCUT2D eigenvalue weighted by atomic mass is 15.1. The molecule has 1 heterocycles. The van der Waals surface area contributed by atoms with Gasteiger partial charge < -0.3 is 9.88 Å². The maximum Gasteiger partial charge on any atom is 0.105 e. The summed E-state index contributed by atoms with van der Waals surface area (Å²) >= 11 is 0. The van der Waals surface area contributed by atoms with E-state index in [1.54, 1.807) is 0 Å². The van der Waals surface area contributed by atoms with Crippen LogP contribution in [0.1, 0.15) is 57.3 Å². The molecule has 3 nitrogen and oxygen atoms in total. The lowest BCUT2D eigenvalue weighted by molar-refractivity contribution is 0.326. The van der Waals surface area contributed by atoms with Crippen molar-refractivity contribution >= 4 is 0 Å². The summed E-state index contributed by atoms with van der Waals surface area (Å²) in [5.74, 6) is 1.15. The molecule has 0 radical (unpaired) electrons. The summed E-state index contributed by atoms with van der Waals surface area (Å²) in [6, 6.07) is 1.23. The first-order valence-corrected chi connectivity index (χ1v) is 7.05. The zero-order valence-corrected chi connectivity index (χ0v) is 11.2. The van der Waals surface area contributed by atoms with E-state index in [1.165, 1.54) is 38.5 Å². The van der Waals surface area contributed by atoms with Crippen molar-refractivity contribution in [2.75, 3.05) is 6.54 Å². The quantitative estimate of drug-likeness (QED) is 0.813. The standard InChI is InChI=1S/C14H25N3/c1-3-9-16-13-7-5-4-6-8-14(13)17-11-10-15-12(17)2/h10-11,13-14,16H,3-9H2,1-2H3. The lowest BCUT2D eigenvalue weighted by atomic mass is 10.0. The minimum atomic E-state index is 0.603. The Balaban J connectivity index is 2.11. The van der Waals surface area contributed by atoms with E-state index in [0.717, 1.165) is 12.4 Å². The maximum absolute atomic E-state index is 4.37. The van der Waals surface area contributed by atoms with Crippen molar-refractivity contribution in [1.29, 1.82) is 0 Å². The van der Waals surface area contributed by atoms with Crippen LogP contribution in [-0.4, -0.2) is 22.1 Å². The van der Waals surface area contributed by atoms with Gasteiger partial charge in [-0.15, -0.1) is 0 Å². The molecule has 1 fully saturated rings. The Labute approximate surface area is 105 Å². The van der Waals surface area contributed by atoms with Gasteiger partial charge in [0.2, 0.25) is 0 Å². The molecule has 0 saturated heterocycles. The SMILES string of the molecule is CCCNC1CCCCCC1n1ccnc1C. The van der Waals surface area contributed by atoms with Crippen LogP contribution in [0.2, 0.25) is 0 Å². The van der Waals surface area contributed by atoms with Crippen LogP contribution in [0, 0.1) is 6.92 Å². The second-order valence-corrected chi connectivity index (χ2v) is 5.15. The van der Waals surface area contributed by atoms with Gasteiger partial charge in [0.1, 0.15) is 5.82 Å². The van der Waals surface area contributed by atoms with Gasteiger partial charge in [0, 0.05) is 18.4 Å². The van der Waals surface area contributed by atoms with Gasteiger partial charge >= 0.3 is 0 Å². The first-order chi connectivity index (χ1) is 8.33. The Hall–Kier alpha value is -0.830. The highest BCUT2D eigenvalue weighted by molar-refractivity contribution is 4.96. The molecule has 2 rings (SSSR count). The van der Waals surface area contributed by atoms with Gasteiger partial charge in [0.05, 0.1) is 6.04 Å². The molecule has 1 saturated carbocycles. The van der Waals surface area contributed by atoms with E-state index in [-0.39, 0.29) is 0 Å². The molecule has 1 aromatic heterocycles. The first-order valence-electron chi connectivity index (χ1n) is 7.05. The van der Waals surface area contributed by atoms with Crippen LogP contribution in [0.4, 0.5) is 0 Å². The second kappa shape index (κ2) is 6.20.